The number of benzene rings is 1. The molecule has 3 aromatic rings. The Bertz CT molecular complexity index is 782. The van der Waals surface area contributed by atoms with Gasteiger partial charge in [0.1, 0.15) is 0 Å². The van der Waals surface area contributed by atoms with Crippen LogP contribution < -0.4 is 10.4 Å². The number of anilines is 2. The number of halogens is 1. The molecule has 0 bridgehead atoms. The molecule has 4 nitrogen and oxygen atoms in total. The van der Waals surface area contributed by atoms with Crippen molar-refractivity contribution in [3.05, 3.63) is 51.7 Å². The molecule has 2 aromatic heterocycles. The minimum atomic E-state index is -1.11. The lowest BCUT2D eigenvalue weighted by atomic mass is 10.2. The standard InChI is InChI=1S/C15H11ClN2O2S2/c16-9-3-5-10(6-4-9)17-15-18-14(11-2-1-7-21-11)12(22-15)8-13(19)20/h1-7H,8H2,(H,17,18)(H,19,20)/p-1. The van der Waals surface area contributed by atoms with Crippen molar-refractivity contribution in [3.63, 3.8) is 0 Å². The lowest BCUT2D eigenvalue weighted by Crippen LogP contribution is -2.24. The van der Waals surface area contributed by atoms with E-state index in [1.165, 1.54) is 22.7 Å². The molecule has 0 saturated carbocycles. The van der Waals surface area contributed by atoms with Gasteiger partial charge in [-0.2, -0.15) is 0 Å². The number of carboxylic acid groups (broad SMARTS) is 1. The van der Waals surface area contributed by atoms with E-state index in [1.807, 2.05) is 29.6 Å². The van der Waals surface area contributed by atoms with Crippen molar-refractivity contribution in [2.75, 3.05) is 5.32 Å². The predicted molar refractivity (Wildman–Crippen MR) is 88.9 cm³/mol. The van der Waals surface area contributed by atoms with E-state index >= 15 is 0 Å². The second kappa shape index (κ2) is 6.48. The second-order valence-electron chi connectivity index (χ2n) is 4.45. The number of carbonyl (C=O) groups is 1. The van der Waals surface area contributed by atoms with Crippen LogP contribution in [0.4, 0.5) is 10.8 Å². The SMILES string of the molecule is O=C([O-])Cc1sc(Nc2ccc(Cl)cc2)nc1-c1cccs1. The monoisotopic (exact) mass is 349 g/mol. The van der Waals surface area contributed by atoms with E-state index in [-0.39, 0.29) is 6.42 Å². The molecule has 0 atom stereocenters. The van der Waals surface area contributed by atoms with E-state index in [2.05, 4.69) is 10.3 Å². The molecular weight excluding hydrogens is 340 g/mol. The number of carboxylic acids is 1. The van der Waals surface area contributed by atoms with Gasteiger partial charge < -0.3 is 15.2 Å². The van der Waals surface area contributed by atoms with E-state index in [0.717, 1.165) is 10.6 Å². The van der Waals surface area contributed by atoms with Crippen molar-refractivity contribution >= 4 is 51.1 Å². The first-order valence-corrected chi connectivity index (χ1v) is 8.45. The Kier molecular flexibility index (Phi) is 4.42. The maximum absolute atomic E-state index is 10.9. The van der Waals surface area contributed by atoms with Crippen LogP contribution in [0.5, 0.6) is 0 Å². The number of hydrogen-bond donors (Lipinski definition) is 1. The highest BCUT2D eigenvalue weighted by Crippen LogP contribution is 2.35. The maximum Gasteiger partial charge on any atom is 0.188 e. The number of aliphatic carboxylic acids is 1. The van der Waals surface area contributed by atoms with E-state index in [9.17, 15) is 9.90 Å². The number of nitrogens with one attached hydrogen (secondary N) is 1. The van der Waals surface area contributed by atoms with E-state index in [1.54, 1.807) is 12.1 Å². The van der Waals surface area contributed by atoms with Crippen molar-refractivity contribution in [3.8, 4) is 10.6 Å². The van der Waals surface area contributed by atoms with Gasteiger partial charge in [-0.15, -0.1) is 22.7 Å². The molecule has 112 valence electrons. The van der Waals surface area contributed by atoms with Crippen molar-refractivity contribution in [1.29, 1.82) is 0 Å². The fraction of sp³-hybridized carbons (Fsp3) is 0.0667. The van der Waals surface area contributed by atoms with Gasteiger partial charge in [0.15, 0.2) is 5.13 Å². The molecule has 0 aliphatic carbocycles. The van der Waals surface area contributed by atoms with Crippen LogP contribution in [-0.4, -0.2) is 11.0 Å². The molecule has 1 aromatic carbocycles. The molecule has 2 heterocycles. The third kappa shape index (κ3) is 3.47. The number of thiazole rings is 1. The lowest BCUT2D eigenvalue weighted by molar-refractivity contribution is -0.304. The number of thiophene rings is 1. The number of aromatic nitrogens is 1. The summed E-state index contributed by atoms with van der Waals surface area (Å²) in [4.78, 5) is 17.1. The van der Waals surface area contributed by atoms with Crippen LogP contribution in [-0.2, 0) is 11.2 Å². The number of nitrogens with zero attached hydrogens (tertiary/aromatic N) is 1. The Hall–Kier alpha value is -1.89. The van der Waals surface area contributed by atoms with Crippen LogP contribution in [0.3, 0.4) is 0 Å². The van der Waals surface area contributed by atoms with Crippen LogP contribution >= 0.6 is 34.3 Å². The van der Waals surface area contributed by atoms with E-state index < -0.39 is 5.97 Å². The molecule has 0 fully saturated rings. The van der Waals surface area contributed by atoms with Gasteiger partial charge in [0, 0.05) is 28.0 Å². The summed E-state index contributed by atoms with van der Waals surface area (Å²) in [7, 11) is 0. The predicted octanol–water partition coefficient (Wildman–Crippen LogP) is 3.56. The van der Waals surface area contributed by atoms with E-state index in [0.29, 0.717) is 20.7 Å². The summed E-state index contributed by atoms with van der Waals surface area (Å²) in [5.74, 6) is -1.11. The average molecular weight is 350 g/mol. The van der Waals surface area contributed by atoms with Crippen LogP contribution in [0.15, 0.2) is 41.8 Å². The summed E-state index contributed by atoms with van der Waals surface area (Å²) in [5, 5.41) is 17.3. The van der Waals surface area contributed by atoms with Gasteiger partial charge in [0.25, 0.3) is 0 Å². The minimum absolute atomic E-state index is 0.146. The van der Waals surface area contributed by atoms with Crippen molar-refractivity contribution in [2.45, 2.75) is 6.42 Å². The third-order valence-electron chi connectivity index (χ3n) is 2.85. The van der Waals surface area contributed by atoms with Crippen LogP contribution in [0.25, 0.3) is 10.6 Å². The molecule has 7 heteroatoms. The molecule has 22 heavy (non-hydrogen) atoms. The van der Waals surface area contributed by atoms with Crippen molar-refractivity contribution in [2.24, 2.45) is 0 Å². The number of hydrogen-bond acceptors (Lipinski definition) is 6. The normalized spacial score (nSPS) is 10.6. The highest BCUT2D eigenvalue weighted by atomic mass is 35.5. The fourth-order valence-electron chi connectivity index (χ4n) is 1.92. The molecule has 0 aliphatic heterocycles. The maximum atomic E-state index is 10.9. The largest absolute Gasteiger partial charge is 0.550 e. The molecule has 0 amide bonds. The fourth-order valence-corrected chi connectivity index (χ4v) is 3.83. The van der Waals surface area contributed by atoms with Gasteiger partial charge in [-0.3, -0.25) is 0 Å². The van der Waals surface area contributed by atoms with Gasteiger partial charge in [0.2, 0.25) is 0 Å². The zero-order valence-electron chi connectivity index (χ0n) is 11.2. The summed E-state index contributed by atoms with van der Waals surface area (Å²) in [6.07, 6.45) is -0.146. The van der Waals surface area contributed by atoms with Crippen LogP contribution in [0.2, 0.25) is 5.02 Å². The molecule has 0 spiro atoms. The first-order chi connectivity index (χ1) is 10.6. The molecule has 3 rings (SSSR count). The summed E-state index contributed by atoms with van der Waals surface area (Å²) in [6.45, 7) is 0. The van der Waals surface area contributed by atoms with Gasteiger partial charge in [0.05, 0.1) is 10.6 Å². The second-order valence-corrected chi connectivity index (χ2v) is 6.92. The first kappa shape index (κ1) is 15.0. The molecule has 1 N–H and O–H groups in total. The van der Waals surface area contributed by atoms with Crippen LogP contribution in [0, 0.1) is 0 Å². The zero-order chi connectivity index (χ0) is 15.5. The summed E-state index contributed by atoms with van der Waals surface area (Å²) in [5.41, 5.74) is 1.54. The summed E-state index contributed by atoms with van der Waals surface area (Å²) >= 11 is 8.70. The van der Waals surface area contributed by atoms with Crippen LogP contribution in [0.1, 0.15) is 4.88 Å². The lowest BCUT2D eigenvalue weighted by Gasteiger charge is -2.01. The molecule has 0 radical (unpaired) electrons. The van der Waals surface area contributed by atoms with E-state index in [4.69, 9.17) is 11.6 Å². The zero-order valence-corrected chi connectivity index (χ0v) is 13.6. The third-order valence-corrected chi connectivity index (χ3v) is 4.95. The quantitative estimate of drug-likeness (QED) is 0.764. The van der Waals surface area contributed by atoms with Gasteiger partial charge >= 0.3 is 0 Å². The van der Waals surface area contributed by atoms with Crippen molar-refractivity contribution in [1.82, 2.24) is 4.98 Å². The van der Waals surface area contributed by atoms with Gasteiger partial charge in [-0.1, -0.05) is 17.7 Å². The van der Waals surface area contributed by atoms with Gasteiger partial charge in [-0.25, -0.2) is 4.98 Å². The molecule has 0 saturated heterocycles. The number of rotatable bonds is 5. The Morgan fingerprint density at radius 1 is 1.27 bits per heavy atom. The Labute approximate surface area is 140 Å². The minimum Gasteiger partial charge on any atom is -0.550 e. The van der Waals surface area contributed by atoms with Crippen molar-refractivity contribution < 1.29 is 9.90 Å². The Morgan fingerprint density at radius 2 is 2.05 bits per heavy atom. The average Bonchev–Trinajstić information content (AvgIpc) is 3.10. The molecule has 0 unspecified atom stereocenters. The highest BCUT2D eigenvalue weighted by molar-refractivity contribution is 7.17. The molecular formula is C15H10ClN2O2S2-. The number of carbonyl (C=O) groups excluding carboxylic acids is 1. The highest BCUT2D eigenvalue weighted by Gasteiger charge is 2.14. The summed E-state index contributed by atoms with van der Waals surface area (Å²) < 4.78 is 0. The molecule has 0 aliphatic rings. The Morgan fingerprint density at radius 3 is 2.68 bits per heavy atom. The van der Waals surface area contributed by atoms with Gasteiger partial charge in [-0.05, 0) is 35.7 Å². The topological polar surface area (TPSA) is 65.0 Å². The smallest absolute Gasteiger partial charge is 0.188 e. The Balaban J connectivity index is 1.92. The first-order valence-electron chi connectivity index (χ1n) is 6.38. The summed E-state index contributed by atoms with van der Waals surface area (Å²) in [6, 6.07) is 11.1.